The number of nitrogens with zero attached hydrogens (tertiary/aromatic N) is 1. The molecule has 0 radical (unpaired) electrons. The molecule has 0 saturated heterocycles. The maximum absolute atomic E-state index is 14.6. The van der Waals surface area contributed by atoms with Crippen LogP contribution in [0.1, 0.15) is 135 Å². The van der Waals surface area contributed by atoms with Gasteiger partial charge in [0.15, 0.2) is 0 Å². The molecule has 0 bridgehead atoms. The molecule has 0 heterocycles. The summed E-state index contributed by atoms with van der Waals surface area (Å²) < 4.78 is 57.2. The van der Waals surface area contributed by atoms with Gasteiger partial charge in [0.1, 0.15) is 54.3 Å². The van der Waals surface area contributed by atoms with Crippen molar-refractivity contribution < 1.29 is 75.6 Å². The highest BCUT2D eigenvalue weighted by Crippen LogP contribution is 2.44. The lowest BCUT2D eigenvalue weighted by Crippen LogP contribution is -2.60. The van der Waals surface area contributed by atoms with Crippen LogP contribution in [0, 0.1) is 20.8 Å². The lowest BCUT2D eigenvalue weighted by molar-refractivity contribution is -0.156. The largest absolute Gasteiger partial charge is 0.496 e. The molecule has 1 aliphatic carbocycles. The summed E-state index contributed by atoms with van der Waals surface area (Å²) in [5.74, 6) is -6.45. The number of carbonyl (C=O) groups excluding carboxylic acids is 7. The van der Waals surface area contributed by atoms with E-state index < -0.39 is 124 Å². The van der Waals surface area contributed by atoms with E-state index in [0.29, 0.717) is 22.4 Å². The number of hydrogen-bond acceptors (Lipinski definition) is 16. The van der Waals surface area contributed by atoms with Crippen LogP contribution in [0.5, 0.6) is 5.75 Å². The van der Waals surface area contributed by atoms with Crippen molar-refractivity contribution in [1.29, 1.82) is 0 Å². The van der Waals surface area contributed by atoms with Gasteiger partial charge in [0.05, 0.1) is 30.6 Å². The van der Waals surface area contributed by atoms with Crippen molar-refractivity contribution in [3.63, 3.8) is 0 Å². The van der Waals surface area contributed by atoms with Gasteiger partial charge in [-0.15, -0.1) is 0 Å². The van der Waals surface area contributed by atoms with Crippen LogP contribution in [0.25, 0.3) is 11.1 Å². The number of aliphatic carboxylic acids is 1. The van der Waals surface area contributed by atoms with Gasteiger partial charge in [-0.1, -0.05) is 48.5 Å². The molecule has 0 unspecified atom stereocenters. The molecule has 0 aromatic heterocycles. The zero-order chi connectivity index (χ0) is 63.6. The van der Waals surface area contributed by atoms with Crippen molar-refractivity contribution in [2.24, 2.45) is 10.7 Å². The number of ether oxygens (including phenoxy) is 5. The summed E-state index contributed by atoms with van der Waals surface area (Å²) in [6.07, 6.45) is -2.38. The van der Waals surface area contributed by atoms with Gasteiger partial charge in [0, 0.05) is 19.0 Å². The number of aliphatic imine (C=N–C) groups is 1. The third-order valence-corrected chi connectivity index (χ3v) is 14.6. The van der Waals surface area contributed by atoms with Crippen molar-refractivity contribution in [2.75, 3.05) is 40.0 Å². The summed E-state index contributed by atoms with van der Waals surface area (Å²) >= 11 is 0. The monoisotopic (exact) mass is 1210 g/mol. The van der Waals surface area contributed by atoms with E-state index in [1.807, 2.05) is 48.5 Å². The lowest BCUT2D eigenvalue weighted by atomic mass is 9.98. The molecule has 3 aromatic rings. The third-order valence-electron chi connectivity index (χ3n) is 13.0. The number of sulfonamides is 1. The van der Waals surface area contributed by atoms with Crippen molar-refractivity contribution in [3.05, 3.63) is 82.4 Å². The Kier molecular flexibility index (Phi) is 25.1. The molecular weight excluding hydrogens is 1120 g/mol. The van der Waals surface area contributed by atoms with E-state index in [1.54, 1.807) is 89.2 Å². The Labute approximate surface area is 497 Å². The molecule has 85 heavy (non-hydrogen) atoms. The molecule has 4 atom stereocenters. The van der Waals surface area contributed by atoms with Crippen LogP contribution in [0.15, 0.2) is 64.5 Å². The average molecular weight is 1210 g/mol. The van der Waals surface area contributed by atoms with Gasteiger partial charge in [0.2, 0.25) is 29.6 Å². The minimum atomic E-state index is -4.24. The van der Waals surface area contributed by atoms with Gasteiger partial charge < -0.3 is 66.4 Å². The van der Waals surface area contributed by atoms with Crippen molar-refractivity contribution in [2.45, 2.75) is 173 Å². The predicted molar refractivity (Wildman–Crippen MR) is 316 cm³/mol. The molecule has 0 spiro atoms. The number of esters is 1. The van der Waals surface area contributed by atoms with Crippen molar-refractivity contribution in [3.8, 4) is 16.9 Å². The summed E-state index contributed by atoms with van der Waals surface area (Å²) in [7, 11) is -2.78. The Balaban J connectivity index is 1.60. The standard InChI is InChI=1S/C59H85N9O16S/c1-34-29-46(80-13)35(2)36(3)49(34)85(78,79)68-54(60)61-28-20-26-42(50(72)63-31-47(69)70)64-51(73)43(25-18-19-27-62-55(76)84-59(10,11)12)65-53(75)45(33-82-57(4,5)6)66-52(74)44(30-48(71)83-58(7,8)9)67-56(77)81-32-41-39-23-16-14-21-37(39)38-22-15-17-24-40(38)41/h14-17,21-24,29,41-45H,18-20,25-28,30-33H2,1-13H3,(H,62,76)(H,63,72)(H,64,73)(H,65,75)(H,66,74)(H,67,77)(H,69,70)(H3,60,61,68)/t42-,43-,44-,45-/m0/s1. The molecule has 0 fully saturated rings. The minimum absolute atomic E-state index is 0.0201. The minimum Gasteiger partial charge on any atom is -0.496 e. The van der Waals surface area contributed by atoms with Gasteiger partial charge in [-0.25, -0.2) is 22.7 Å². The number of nitrogens with one attached hydrogen (secondary N) is 7. The van der Waals surface area contributed by atoms with Crippen LogP contribution in [-0.2, 0) is 57.7 Å². The number of nitrogens with two attached hydrogens (primary N) is 1. The number of unbranched alkanes of at least 4 members (excludes halogenated alkanes) is 1. The molecule has 0 saturated carbocycles. The summed E-state index contributed by atoms with van der Waals surface area (Å²) in [6, 6.07) is 10.7. The SMILES string of the molecule is COc1cc(C)c(S(=O)(=O)NC(N)=NCCC[C@H](NC(=O)[C@H](CCCCNC(=O)OC(C)(C)C)NC(=O)[C@H](COC(C)(C)C)NC(=O)[C@H](CC(=O)OC(C)(C)C)NC(=O)OCC2c3ccccc3-c3ccccc32)C(=O)NCC(=O)O)c(C)c1C. The fourth-order valence-electron chi connectivity index (χ4n) is 9.04. The zero-order valence-electron chi connectivity index (χ0n) is 50.9. The predicted octanol–water partition coefficient (Wildman–Crippen LogP) is 4.80. The average Bonchev–Trinajstić information content (AvgIpc) is 1.99. The first-order chi connectivity index (χ1) is 39.6. The number of fused-ring (bicyclic) bond motifs is 3. The highest BCUT2D eigenvalue weighted by molar-refractivity contribution is 7.90. The van der Waals surface area contributed by atoms with E-state index in [0.717, 1.165) is 22.3 Å². The number of carboxylic acid groups (broad SMARTS) is 1. The van der Waals surface area contributed by atoms with E-state index >= 15 is 0 Å². The Hall–Kier alpha value is -8.00. The molecule has 10 N–H and O–H groups in total. The quantitative estimate of drug-likeness (QED) is 0.0155. The third kappa shape index (κ3) is 22.5. The summed E-state index contributed by atoms with van der Waals surface area (Å²) in [5.41, 5.74) is 8.58. The molecule has 4 rings (SSSR count). The van der Waals surface area contributed by atoms with Crippen LogP contribution in [0.3, 0.4) is 0 Å². The first-order valence-corrected chi connectivity index (χ1v) is 29.4. The summed E-state index contributed by atoms with van der Waals surface area (Å²) in [5, 5.41) is 24.5. The van der Waals surface area contributed by atoms with Crippen LogP contribution in [0.2, 0.25) is 0 Å². The molecule has 26 heteroatoms. The Morgan fingerprint density at radius 3 is 1.76 bits per heavy atom. The Morgan fingerprint density at radius 2 is 1.20 bits per heavy atom. The normalized spacial score (nSPS) is 14.0. The van der Waals surface area contributed by atoms with Crippen LogP contribution in [-0.4, -0.2) is 148 Å². The number of methoxy groups -OCH3 is 1. The van der Waals surface area contributed by atoms with E-state index in [1.165, 1.54) is 7.11 Å². The topological polar surface area (TPSA) is 360 Å². The number of aryl methyl sites for hydroxylation is 1. The second-order valence-corrected chi connectivity index (χ2v) is 25.1. The molecule has 0 aliphatic heterocycles. The second kappa shape index (κ2) is 30.7. The van der Waals surface area contributed by atoms with E-state index in [-0.39, 0.29) is 62.6 Å². The maximum Gasteiger partial charge on any atom is 0.407 e. The van der Waals surface area contributed by atoms with Gasteiger partial charge in [-0.05, 0) is 160 Å². The molecule has 1 aliphatic rings. The number of benzene rings is 3. The molecule has 6 amide bonds. The fourth-order valence-corrected chi connectivity index (χ4v) is 10.5. The maximum atomic E-state index is 14.6. The molecule has 3 aromatic carbocycles. The Morgan fingerprint density at radius 1 is 0.659 bits per heavy atom. The zero-order valence-corrected chi connectivity index (χ0v) is 51.7. The first-order valence-electron chi connectivity index (χ1n) is 27.9. The van der Waals surface area contributed by atoms with Crippen molar-refractivity contribution in [1.82, 2.24) is 36.6 Å². The van der Waals surface area contributed by atoms with Gasteiger partial charge in [0.25, 0.3) is 10.0 Å². The molecular formula is C59H85N9O16S. The Bertz CT molecular complexity index is 2990. The number of amides is 6. The molecule has 468 valence electrons. The van der Waals surface area contributed by atoms with Crippen LogP contribution >= 0.6 is 0 Å². The number of hydrogen-bond donors (Lipinski definition) is 9. The van der Waals surface area contributed by atoms with E-state index in [4.69, 9.17) is 29.4 Å². The van der Waals surface area contributed by atoms with Gasteiger partial charge in [-0.2, -0.15) is 0 Å². The number of guanidine groups is 1. The second-order valence-electron chi connectivity index (χ2n) is 23.4. The number of rotatable bonds is 28. The van der Waals surface area contributed by atoms with Gasteiger partial charge >= 0.3 is 24.1 Å². The number of carboxylic acids is 1. The smallest absolute Gasteiger partial charge is 0.407 e. The fraction of sp³-hybridized carbons (Fsp3) is 0.542. The van der Waals surface area contributed by atoms with Crippen molar-refractivity contribution >= 4 is 63.7 Å². The van der Waals surface area contributed by atoms with E-state index in [9.17, 15) is 51.9 Å². The van der Waals surface area contributed by atoms with Gasteiger partial charge in [-0.3, -0.25) is 33.8 Å². The molecule has 25 nitrogen and oxygen atoms in total. The highest BCUT2D eigenvalue weighted by atomic mass is 32.2. The highest BCUT2D eigenvalue weighted by Gasteiger charge is 2.36. The number of alkyl carbamates (subject to hydrolysis) is 2. The van der Waals surface area contributed by atoms with Crippen LogP contribution < -0.4 is 47.1 Å². The first kappa shape index (κ1) is 69.5. The van der Waals surface area contributed by atoms with E-state index in [2.05, 4.69) is 41.6 Å². The summed E-state index contributed by atoms with van der Waals surface area (Å²) in [4.78, 5) is 112. The number of carbonyl (C=O) groups is 8. The lowest BCUT2D eigenvalue weighted by Gasteiger charge is -2.28. The van der Waals surface area contributed by atoms with Crippen LogP contribution in [0.4, 0.5) is 9.59 Å². The summed E-state index contributed by atoms with van der Waals surface area (Å²) in [6.45, 7) is 18.4.